The molecule has 29 heavy (non-hydrogen) atoms. The van der Waals surface area contributed by atoms with Gasteiger partial charge in [0.25, 0.3) is 0 Å². The Balaban J connectivity index is 2.19. The van der Waals surface area contributed by atoms with E-state index in [1.807, 2.05) is 13.8 Å². The zero-order chi connectivity index (χ0) is 21.2. The summed E-state index contributed by atoms with van der Waals surface area (Å²) >= 11 is 0. The van der Waals surface area contributed by atoms with Gasteiger partial charge in [0.1, 0.15) is 5.82 Å². The Morgan fingerprint density at radius 3 is 2.62 bits per heavy atom. The minimum absolute atomic E-state index is 0.0833. The van der Waals surface area contributed by atoms with Crippen molar-refractivity contribution in [3.05, 3.63) is 29.5 Å². The molecule has 0 saturated heterocycles. The summed E-state index contributed by atoms with van der Waals surface area (Å²) in [5.74, 6) is -0.202. The average molecular weight is 419 g/mol. The summed E-state index contributed by atoms with van der Waals surface area (Å²) in [6, 6.07) is 5.12. The second-order valence-electron chi connectivity index (χ2n) is 7.15. The Hall–Kier alpha value is -2.52. The van der Waals surface area contributed by atoms with Gasteiger partial charge in [0, 0.05) is 24.9 Å². The van der Waals surface area contributed by atoms with Crippen LogP contribution in [0.1, 0.15) is 55.6 Å². The number of aryl methyl sites for hydroxylation is 2. The smallest absolute Gasteiger partial charge is 0.249 e. The Kier molecular flexibility index (Phi) is 6.18. The number of carbonyl (C=O) groups excluding carboxylic acids is 2. The number of hydrogen-bond acceptors (Lipinski definition) is 5. The van der Waals surface area contributed by atoms with Crippen LogP contribution >= 0.6 is 0 Å². The van der Waals surface area contributed by atoms with Crippen LogP contribution in [-0.4, -0.2) is 36.6 Å². The van der Waals surface area contributed by atoms with Crippen molar-refractivity contribution in [3.63, 3.8) is 0 Å². The summed E-state index contributed by atoms with van der Waals surface area (Å²) < 4.78 is 29.3. The van der Waals surface area contributed by atoms with Crippen molar-refractivity contribution in [2.45, 2.75) is 57.8 Å². The Labute approximate surface area is 170 Å². The number of aromatic nitrogens is 2. The van der Waals surface area contributed by atoms with E-state index in [9.17, 15) is 18.0 Å². The van der Waals surface area contributed by atoms with Gasteiger partial charge in [0.15, 0.2) is 0 Å². The molecule has 1 aromatic carbocycles. The van der Waals surface area contributed by atoms with E-state index in [1.54, 1.807) is 25.1 Å². The lowest BCUT2D eigenvalue weighted by atomic mass is 10.0. The van der Waals surface area contributed by atoms with E-state index >= 15 is 0 Å². The molecule has 2 aromatic rings. The molecule has 9 heteroatoms. The topological polar surface area (TPSA) is 110 Å². The summed E-state index contributed by atoms with van der Waals surface area (Å²) in [5.41, 5.74) is 2.48. The molecule has 8 nitrogen and oxygen atoms in total. The summed E-state index contributed by atoms with van der Waals surface area (Å²) in [6.07, 6.45) is 2.26. The number of sulfonamides is 1. The molecule has 1 aliphatic heterocycles. The van der Waals surface area contributed by atoms with Gasteiger partial charge in [0.05, 0.1) is 10.6 Å². The predicted molar refractivity (Wildman–Crippen MR) is 110 cm³/mol. The first-order chi connectivity index (χ1) is 13.8. The van der Waals surface area contributed by atoms with Crippen molar-refractivity contribution in [3.8, 4) is 11.1 Å². The number of benzene rings is 1. The van der Waals surface area contributed by atoms with Crippen molar-refractivity contribution in [1.29, 1.82) is 0 Å². The molecule has 0 bridgehead atoms. The maximum Gasteiger partial charge on any atom is 0.249 e. The van der Waals surface area contributed by atoms with Gasteiger partial charge in [-0.15, -0.1) is 0 Å². The van der Waals surface area contributed by atoms with Gasteiger partial charge < -0.3 is 5.32 Å². The third-order valence-electron chi connectivity index (χ3n) is 4.81. The van der Waals surface area contributed by atoms with E-state index in [0.717, 1.165) is 6.42 Å². The lowest BCUT2D eigenvalue weighted by Gasteiger charge is -2.12. The first-order valence-corrected chi connectivity index (χ1v) is 11.3. The van der Waals surface area contributed by atoms with E-state index in [0.29, 0.717) is 47.6 Å². The highest BCUT2D eigenvalue weighted by atomic mass is 32.2. The highest BCUT2D eigenvalue weighted by Crippen LogP contribution is 2.36. The second-order valence-corrected chi connectivity index (χ2v) is 8.89. The molecule has 0 atom stereocenters. The summed E-state index contributed by atoms with van der Waals surface area (Å²) in [5, 5.41) is 7.22. The van der Waals surface area contributed by atoms with Gasteiger partial charge in [-0.3, -0.25) is 9.59 Å². The van der Waals surface area contributed by atoms with E-state index in [1.165, 1.54) is 4.68 Å². The van der Waals surface area contributed by atoms with Gasteiger partial charge in [-0.05, 0) is 37.0 Å². The molecule has 0 unspecified atom stereocenters. The fraction of sp³-hybridized carbons (Fsp3) is 0.450. The molecule has 2 N–H and O–H groups in total. The number of amides is 1. The predicted octanol–water partition coefficient (Wildman–Crippen LogP) is 2.87. The Morgan fingerprint density at radius 2 is 1.93 bits per heavy atom. The zero-order valence-electron chi connectivity index (χ0n) is 16.9. The molecular formula is C20H26N4O4S. The van der Waals surface area contributed by atoms with Crippen LogP contribution in [0, 0.1) is 6.92 Å². The molecule has 0 saturated carbocycles. The molecule has 1 aliphatic rings. The van der Waals surface area contributed by atoms with Crippen LogP contribution in [0.3, 0.4) is 0 Å². The highest BCUT2D eigenvalue weighted by molar-refractivity contribution is 7.89. The lowest BCUT2D eigenvalue weighted by molar-refractivity contribution is -0.116. The van der Waals surface area contributed by atoms with Crippen LogP contribution in [0.5, 0.6) is 0 Å². The number of nitrogens with one attached hydrogen (secondary N) is 2. The number of anilines is 1. The average Bonchev–Trinajstić information content (AvgIpc) is 2.96. The van der Waals surface area contributed by atoms with Crippen LogP contribution in [0.2, 0.25) is 0 Å². The summed E-state index contributed by atoms with van der Waals surface area (Å²) in [4.78, 5) is 24.8. The Bertz CT molecular complexity index is 1060. The van der Waals surface area contributed by atoms with Crippen molar-refractivity contribution < 1.29 is 18.0 Å². The molecule has 1 aromatic heterocycles. The minimum atomic E-state index is -3.67. The first kappa shape index (κ1) is 21.2. The van der Waals surface area contributed by atoms with Crippen molar-refractivity contribution in [2.75, 3.05) is 11.9 Å². The van der Waals surface area contributed by atoms with Crippen LogP contribution in [0.4, 0.5) is 5.82 Å². The first-order valence-electron chi connectivity index (χ1n) is 9.84. The van der Waals surface area contributed by atoms with Crippen molar-refractivity contribution >= 4 is 27.7 Å². The minimum Gasteiger partial charge on any atom is -0.310 e. The van der Waals surface area contributed by atoms with Gasteiger partial charge in [0.2, 0.25) is 21.8 Å². The van der Waals surface area contributed by atoms with Crippen LogP contribution < -0.4 is 10.0 Å². The molecule has 2 heterocycles. The highest BCUT2D eigenvalue weighted by Gasteiger charge is 2.28. The fourth-order valence-electron chi connectivity index (χ4n) is 3.35. The van der Waals surface area contributed by atoms with Crippen LogP contribution in [0.25, 0.3) is 11.1 Å². The molecular weight excluding hydrogens is 392 g/mol. The van der Waals surface area contributed by atoms with Gasteiger partial charge in [-0.25, -0.2) is 13.1 Å². The Morgan fingerprint density at radius 1 is 1.17 bits per heavy atom. The normalized spacial score (nSPS) is 14.4. The molecule has 0 aliphatic carbocycles. The van der Waals surface area contributed by atoms with E-state index in [4.69, 9.17) is 0 Å². The number of hydrogen-bond donors (Lipinski definition) is 2. The number of fused-ring (bicyclic) bond motifs is 1. The molecule has 156 valence electrons. The van der Waals surface area contributed by atoms with Crippen LogP contribution in [-0.2, 0) is 21.2 Å². The number of carbonyl (C=O) groups is 2. The van der Waals surface area contributed by atoms with Gasteiger partial charge in [-0.1, -0.05) is 32.4 Å². The standard InChI is InChI=1S/C20H26N4O4S/c1-4-6-15-19(20-22-17(25)9-10-18(26)24(20)23-15)14-8-7-13(3)16(12-14)29(27,28)21-11-5-2/h7-8,12,21H,4-6,9-11H2,1-3H3,(H,22,25). The van der Waals surface area contributed by atoms with E-state index in [-0.39, 0.29) is 29.6 Å². The molecule has 0 fully saturated rings. The van der Waals surface area contributed by atoms with E-state index < -0.39 is 10.0 Å². The van der Waals surface area contributed by atoms with Crippen molar-refractivity contribution in [1.82, 2.24) is 14.5 Å². The van der Waals surface area contributed by atoms with Crippen molar-refractivity contribution in [2.24, 2.45) is 0 Å². The molecule has 0 radical (unpaired) electrons. The molecule has 0 spiro atoms. The second kappa shape index (κ2) is 8.46. The number of rotatable bonds is 7. The SMILES string of the molecule is CCCNS(=O)(=O)c1cc(-c2c(CCC)nn3c2NC(=O)CCC3=O)ccc1C. The largest absolute Gasteiger partial charge is 0.310 e. The monoisotopic (exact) mass is 418 g/mol. The third kappa shape index (κ3) is 4.25. The third-order valence-corrected chi connectivity index (χ3v) is 6.42. The van der Waals surface area contributed by atoms with Gasteiger partial charge >= 0.3 is 0 Å². The fourth-order valence-corrected chi connectivity index (χ4v) is 4.76. The lowest BCUT2D eigenvalue weighted by Crippen LogP contribution is -2.25. The zero-order valence-corrected chi connectivity index (χ0v) is 17.7. The quantitative estimate of drug-likeness (QED) is 0.718. The summed E-state index contributed by atoms with van der Waals surface area (Å²) in [7, 11) is -3.67. The van der Waals surface area contributed by atoms with Gasteiger partial charge in [-0.2, -0.15) is 9.78 Å². The molecule has 3 rings (SSSR count). The van der Waals surface area contributed by atoms with E-state index in [2.05, 4.69) is 15.1 Å². The molecule has 1 amide bonds. The maximum atomic E-state index is 12.7. The van der Waals surface area contributed by atoms with Crippen LogP contribution in [0.15, 0.2) is 23.1 Å². The summed E-state index contributed by atoms with van der Waals surface area (Å²) in [6.45, 7) is 5.97. The number of nitrogens with zero attached hydrogens (tertiary/aromatic N) is 2. The maximum absolute atomic E-state index is 12.7.